The second kappa shape index (κ2) is 5.72. The number of rotatable bonds is 3. The molecule has 0 radical (unpaired) electrons. The molecular formula is C13H8Cl2N2O. The number of benzene rings is 1. The molecule has 90 valence electrons. The van der Waals surface area contributed by atoms with Crippen LogP contribution in [0.15, 0.2) is 36.5 Å². The Bertz CT molecular complexity index is 608. The Morgan fingerprint density at radius 1 is 1.22 bits per heavy atom. The molecule has 1 aromatic heterocycles. The van der Waals surface area contributed by atoms with E-state index >= 15 is 0 Å². The summed E-state index contributed by atoms with van der Waals surface area (Å²) in [6.45, 7) is 0.280. The SMILES string of the molecule is N#Cc1cccnc1OCc1ccc(Cl)c(Cl)c1. The normalized spacial score (nSPS) is 9.83. The van der Waals surface area contributed by atoms with E-state index in [1.165, 1.54) is 0 Å². The van der Waals surface area contributed by atoms with Crippen molar-refractivity contribution in [3.63, 3.8) is 0 Å². The zero-order chi connectivity index (χ0) is 13.0. The van der Waals surface area contributed by atoms with Gasteiger partial charge in [-0.25, -0.2) is 4.98 Å². The first-order valence-electron chi connectivity index (χ1n) is 5.12. The molecule has 2 rings (SSSR count). The highest BCUT2D eigenvalue weighted by Crippen LogP contribution is 2.23. The van der Waals surface area contributed by atoms with Crippen molar-refractivity contribution in [1.82, 2.24) is 4.98 Å². The fourth-order valence-electron chi connectivity index (χ4n) is 1.37. The highest BCUT2D eigenvalue weighted by Gasteiger charge is 2.05. The molecule has 5 heteroatoms. The number of pyridine rings is 1. The summed E-state index contributed by atoms with van der Waals surface area (Å²) in [5.74, 6) is 0.311. The lowest BCUT2D eigenvalue weighted by atomic mass is 10.2. The van der Waals surface area contributed by atoms with Crippen LogP contribution in [0.2, 0.25) is 10.0 Å². The zero-order valence-corrected chi connectivity index (χ0v) is 10.7. The molecule has 0 aliphatic carbocycles. The number of hydrogen-bond donors (Lipinski definition) is 0. The number of nitrogens with zero attached hydrogens (tertiary/aromatic N) is 2. The van der Waals surface area contributed by atoms with Crippen molar-refractivity contribution in [3.05, 3.63) is 57.7 Å². The van der Waals surface area contributed by atoms with E-state index in [2.05, 4.69) is 4.98 Å². The summed E-state index contributed by atoms with van der Waals surface area (Å²) in [7, 11) is 0. The van der Waals surface area contributed by atoms with Crippen molar-refractivity contribution in [1.29, 1.82) is 5.26 Å². The van der Waals surface area contributed by atoms with Crippen molar-refractivity contribution in [2.24, 2.45) is 0 Å². The van der Waals surface area contributed by atoms with Gasteiger partial charge in [0.05, 0.1) is 10.0 Å². The summed E-state index contributed by atoms with van der Waals surface area (Å²) in [5, 5.41) is 9.86. The van der Waals surface area contributed by atoms with E-state index in [0.717, 1.165) is 5.56 Å². The van der Waals surface area contributed by atoms with Crippen molar-refractivity contribution < 1.29 is 4.74 Å². The van der Waals surface area contributed by atoms with Crippen molar-refractivity contribution in [2.45, 2.75) is 6.61 Å². The van der Waals surface area contributed by atoms with Crippen LogP contribution in [0.1, 0.15) is 11.1 Å². The third-order valence-corrected chi connectivity index (χ3v) is 2.99. The summed E-state index contributed by atoms with van der Waals surface area (Å²) in [5.41, 5.74) is 1.26. The Morgan fingerprint density at radius 2 is 2.06 bits per heavy atom. The molecule has 1 aromatic carbocycles. The first-order chi connectivity index (χ1) is 8.70. The van der Waals surface area contributed by atoms with E-state index in [4.69, 9.17) is 33.2 Å². The number of hydrogen-bond acceptors (Lipinski definition) is 3. The molecule has 0 spiro atoms. The quantitative estimate of drug-likeness (QED) is 0.857. The molecule has 0 N–H and O–H groups in total. The van der Waals surface area contributed by atoms with Gasteiger partial charge in [0.1, 0.15) is 18.2 Å². The van der Waals surface area contributed by atoms with Gasteiger partial charge in [-0.05, 0) is 29.8 Å². The summed E-state index contributed by atoms with van der Waals surface area (Å²) in [4.78, 5) is 4.00. The minimum Gasteiger partial charge on any atom is -0.472 e. The molecule has 0 aliphatic heterocycles. The van der Waals surface area contributed by atoms with E-state index < -0.39 is 0 Å². The Kier molecular flexibility index (Phi) is 4.03. The van der Waals surface area contributed by atoms with Gasteiger partial charge in [0.2, 0.25) is 5.88 Å². The Balaban J connectivity index is 2.12. The molecule has 0 atom stereocenters. The molecule has 3 nitrogen and oxygen atoms in total. The molecule has 0 saturated carbocycles. The fraction of sp³-hybridized carbons (Fsp3) is 0.0769. The van der Waals surface area contributed by atoms with Gasteiger partial charge >= 0.3 is 0 Å². The van der Waals surface area contributed by atoms with Crippen LogP contribution in [-0.2, 0) is 6.61 Å². The van der Waals surface area contributed by atoms with Crippen LogP contribution in [0, 0.1) is 11.3 Å². The first kappa shape index (κ1) is 12.7. The Morgan fingerprint density at radius 3 is 2.78 bits per heavy atom. The van der Waals surface area contributed by atoms with Crippen molar-refractivity contribution in [3.8, 4) is 11.9 Å². The molecule has 18 heavy (non-hydrogen) atoms. The second-order valence-electron chi connectivity index (χ2n) is 3.51. The standard InChI is InChI=1S/C13H8Cl2N2O/c14-11-4-3-9(6-12(11)15)8-18-13-10(7-16)2-1-5-17-13/h1-6H,8H2. The summed E-state index contributed by atoms with van der Waals surface area (Å²) < 4.78 is 5.47. The molecule has 0 bridgehead atoms. The van der Waals surface area contributed by atoms with E-state index in [9.17, 15) is 0 Å². The number of halogens is 2. The van der Waals surface area contributed by atoms with Crippen LogP contribution in [0.5, 0.6) is 5.88 Å². The lowest BCUT2D eigenvalue weighted by Gasteiger charge is -2.07. The molecule has 0 saturated heterocycles. The third-order valence-electron chi connectivity index (χ3n) is 2.25. The predicted octanol–water partition coefficient (Wildman–Crippen LogP) is 3.84. The zero-order valence-electron chi connectivity index (χ0n) is 9.23. The van der Waals surface area contributed by atoms with Crippen LogP contribution in [0.25, 0.3) is 0 Å². The van der Waals surface area contributed by atoms with Gasteiger partial charge in [-0.2, -0.15) is 5.26 Å². The highest BCUT2D eigenvalue weighted by atomic mass is 35.5. The highest BCUT2D eigenvalue weighted by molar-refractivity contribution is 6.42. The van der Waals surface area contributed by atoms with Crippen LogP contribution in [-0.4, -0.2) is 4.98 Å². The average molecular weight is 279 g/mol. The smallest absolute Gasteiger partial charge is 0.231 e. The van der Waals surface area contributed by atoms with Crippen LogP contribution in [0.4, 0.5) is 0 Å². The van der Waals surface area contributed by atoms with Crippen molar-refractivity contribution in [2.75, 3.05) is 0 Å². The number of ether oxygens (including phenoxy) is 1. The van der Waals surface area contributed by atoms with Gasteiger partial charge in [-0.3, -0.25) is 0 Å². The monoisotopic (exact) mass is 278 g/mol. The van der Waals surface area contributed by atoms with Crippen LogP contribution in [0.3, 0.4) is 0 Å². The summed E-state index contributed by atoms with van der Waals surface area (Å²) >= 11 is 11.7. The van der Waals surface area contributed by atoms with Gasteiger partial charge < -0.3 is 4.74 Å². The lowest BCUT2D eigenvalue weighted by molar-refractivity contribution is 0.293. The maximum atomic E-state index is 8.89. The van der Waals surface area contributed by atoms with Crippen molar-refractivity contribution >= 4 is 23.2 Å². The van der Waals surface area contributed by atoms with Gasteiger partial charge in [0, 0.05) is 6.20 Å². The van der Waals surface area contributed by atoms with E-state index in [1.807, 2.05) is 12.1 Å². The Hall–Kier alpha value is -1.76. The maximum absolute atomic E-state index is 8.89. The molecule has 0 aliphatic rings. The van der Waals surface area contributed by atoms with Gasteiger partial charge in [-0.15, -0.1) is 0 Å². The summed E-state index contributed by atoms with van der Waals surface area (Å²) in [6.07, 6.45) is 1.57. The minimum atomic E-state index is 0.280. The lowest BCUT2D eigenvalue weighted by Crippen LogP contribution is -1.99. The first-order valence-corrected chi connectivity index (χ1v) is 5.88. The van der Waals surface area contributed by atoms with Crippen LogP contribution < -0.4 is 4.74 Å². The third kappa shape index (κ3) is 2.92. The Labute approximate surface area is 115 Å². The van der Waals surface area contributed by atoms with E-state index in [-0.39, 0.29) is 6.61 Å². The molecule has 1 heterocycles. The molecule has 0 unspecified atom stereocenters. The second-order valence-corrected chi connectivity index (χ2v) is 4.32. The maximum Gasteiger partial charge on any atom is 0.231 e. The predicted molar refractivity (Wildman–Crippen MR) is 69.7 cm³/mol. The number of aromatic nitrogens is 1. The molecule has 0 fully saturated rings. The fourth-order valence-corrected chi connectivity index (χ4v) is 1.69. The number of nitriles is 1. The average Bonchev–Trinajstić information content (AvgIpc) is 2.40. The largest absolute Gasteiger partial charge is 0.472 e. The molecular weight excluding hydrogens is 271 g/mol. The van der Waals surface area contributed by atoms with E-state index in [0.29, 0.717) is 21.5 Å². The van der Waals surface area contributed by atoms with E-state index in [1.54, 1.807) is 30.5 Å². The van der Waals surface area contributed by atoms with Gasteiger partial charge in [0.25, 0.3) is 0 Å². The topological polar surface area (TPSA) is 45.9 Å². The molecule has 0 amide bonds. The van der Waals surface area contributed by atoms with Gasteiger partial charge in [-0.1, -0.05) is 29.3 Å². The van der Waals surface area contributed by atoms with Crippen LogP contribution >= 0.6 is 23.2 Å². The minimum absolute atomic E-state index is 0.280. The molecule has 2 aromatic rings. The van der Waals surface area contributed by atoms with Gasteiger partial charge in [0.15, 0.2) is 0 Å². The summed E-state index contributed by atoms with van der Waals surface area (Å²) in [6, 6.07) is 10.6.